The second-order valence-corrected chi connectivity index (χ2v) is 11.7. The second-order valence-electron chi connectivity index (χ2n) is 11.7. The molecule has 0 fully saturated rings. The lowest BCUT2D eigenvalue weighted by molar-refractivity contribution is -0.137. The minimum absolute atomic E-state index is 0.0187. The van der Waals surface area contributed by atoms with Gasteiger partial charge in [-0.15, -0.1) is 0 Å². The number of fused-ring (bicyclic) bond motifs is 1. The van der Waals surface area contributed by atoms with Crippen molar-refractivity contribution in [3.63, 3.8) is 0 Å². The van der Waals surface area contributed by atoms with Crippen molar-refractivity contribution in [1.29, 1.82) is 0 Å². The van der Waals surface area contributed by atoms with Gasteiger partial charge in [0.2, 0.25) is 0 Å². The molecule has 0 saturated heterocycles. The average Bonchev–Trinajstić information content (AvgIpc) is 2.96. The first kappa shape index (κ1) is 30.2. The van der Waals surface area contributed by atoms with Crippen LogP contribution in [0.5, 0.6) is 17.2 Å². The third-order valence-corrected chi connectivity index (χ3v) is 7.83. The number of carbonyl (C=O) groups is 1. The highest BCUT2D eigenvalue weighted by Gasteiger charge is 2.38. The van der Waals surface area contributed by atoms with E-state index < -0.39 is 0 Å². The summed E-state index contributed by atoms with van der Waals surface area (Å²) < 4.78 is 28.0. The summed E-state index contributed by atoms with van der Waals surface area (Å²) in [6, 6.07) is 18.2. The van der Waals surface area contributed by atoms with E-state index in [-0.39, 0.29) is 23.6 Å². The van der Waals surface area contributed by atoms with Crippen LogP contribution in [0.15, 0.2) is 60.7 Å². The number of carbonyl (C=O) groups excluding carboxylic acids is 1. The number of rotatable bonds is 11. The monoisotopic (exact) mass is 558 g/mol. The Balaban J connectivity index is 1.79. The largest absolute Gasteiger partial charge is 0.496 e. The van der Waals surface area contributed by atoms with E-state index in [0.717, 1.165) is 52.3 Å². The minimum Gasteiger partial charge on any atom is -0.496 e. The van der Waals surface area contributed by atoms with Gasteiger partial charge in [0.05, 0.1) is 13.7 Å². The van der Waals surface area contributed by atoms with Crippen LogP contribution < -0.4 is 14.2 Å². The summed E-state index contributed by atoms with van der Waals surface area (Å²) in [6.07, 6.45) is 5.42. The van der Waals surface area contributed by atoms with Crippen molar-refractivity contribution < 1.29 is 28.5 Å². The van der Waals surface area contributed by atoms with E-state index in [2.05, 4.69) is 39.8 Å². The number of ether oxygens (including phenoxy) is 5. The first-order chi connectivity index (χ1) is 19.6. The quantitative estimate of drug-likeness (QED) is 0.136. The highest BCUT2D eigenvalue weighted by molar-refractivity contribution is 5.88. The molecule has 41 heavy (non-hydrogen) atoms. The molecule has 3 aromatic carbocycles. The fourth-order valence-corrected chi connectivity index (χ4v) is 5.29. The third kappa shape index (κ3) is 7.12. The Hall–Kier alpha value is -3.77. The zero-order valence-corrected chi connectivity index (χ0v) is 25.3. The summed E-state index contributed by atoms with van der Waals surface area (Å²) in [5, 5.41) is 0. The molecule has 0 heterocycles. The maximum absolute atomic E-state index is 12.0. The van der Waals surface area contributed by atoms with E-state index in [9.17, 15) is 4.79 Å². The van der Waals surface area contributed by atoms with E-state index in [4.69, 9.17) is 23.7 Å². The van der Waals surface area contributed by atoms with Crippen LogP contribution in [0.2, 0.25) is 0 Å². The number of benzene rings is 3. The van der Waals surface area contributed by atoms with Gasteiger partial charge in [-0.1, -0.05) is 45.9 Å². The first-order valence-corrected chi connectivity index (χ1v) is 14.1. The summed E-state index contributed by atoms with van der Waals surface area (Å²) in [7, 11) is 3.27. The van der Waals surface area contributed by atoms with E-state index in [1.807, 2.05) is 42.5 Å². The Morgan fingerprint density at radius 3 is 2.12 bits per heavy atom. The van der Waals surface area contributed by atoms with E-state index in [0.29, 0.717) is 13.2 Å². The zero-order valence-electron chi connectivity index (χ0n) is 25.3. The second kappa shape index (κ2) is 12.8. The SMILES string of the molecule is CCOC(=O)C=Cc1ccc(OC)c(-c2cc3c(cc2OCc2ccc(OCOC)cc2)C(C)(C)CCC3(C)C)c1. The van der Waals surface area contributed by atoms with Gasteiger partial charge in [0, 0.05) is 24.3 Å². The van der Waals surface area contributed by atoms with Crippen LogP contribution >= 0.6 is 0 Å². The van der Waals surface area contributed by atoms with Crippen LogP contribution in [0.3, 0.4) is 0 Å². The number of hydrogen-bond acceptors (Lipinski definition) is 6. The van der Waals surface area contributed by atoms with Crippen LogP contribution in [0, 0.1) is 0 Å². The lowest BCUT2D eigenvalue weighted by Crippen LogP contribution is -2.33. The molecule has 6 nitrogen and oxygen atoms in total. The van der Waals surface area contributed by atoms with Gasteiger partial charge in [-0.25, -0.2) is 4.79 Å². The van der Waals surface area contributed by atoms with Crippen molar-refractivity contribution in [3.8, 4) is 28.4 Å². The molecule has 6 heteroatoms. The molecule has 1 aliphatic carbocycles. The number of hydrogen-bond donors (Lipinski definition) is 0. The van der Waals surface area contributed by atoms with Crippen molar-refractivity contribution in [2.24, 2.45) is 0 Å². The highest BCUT2D eigenvalue weighted by atomic mass is 16.7. The van der Waals surface area contributed by atoms with Gasteiger partial charge in [0.15, 0.2) is 6.79 Å². The Morgan fingerprint density at radius 1 is 0.829 bits per heavy atom. The van der Waals surface area contributed by atoms with Crippen LogP contribution in [0.1, 0.15) is 69.7 Å². The molecular weight excluding hydrogens is 516 g/mol. The lowest BCUT2D eigenvalue weighted by atomic mass is 9.62. The molecule has 0 aromatic heterocycles. The van der Waals surface area contributed by atoms with Crippen LogP contribution in [0.25, 0.3) is 17.2 Å². The standard InChI is InChI=1S/C35H42O6/c1-8-39-33(36)16-12-24-11-15-31(38-7)27(19-24)28-20-29-30(35(4,5)18-17-34(29,2)3)21-32(28)40-22-25-9-13-26(14-10-25)41-23-37-6/h9-16,19-21H,8,17-18,22-23H2,1-7H3. The van der Waals surface area contributed by atoms with Gasteiger partial charge in [0.25, 0.3) is 0 Å². The minimum atomic E-state index is -0.370. The van der Waals surface area contributed by atoms with E-state index in [1.165, 1.54) is 17.2 Å². The van der Waals surface area contributed by atoms with Gasteiger partial charge < -0.3 is 23.7 Å². The topological polar surface area (TPSA) is 63.2 Å². The van der Waals surface area contributed by atoms with E-state index >= 15 is 0 Å². The van der Waals surface area contributed by atoms with Crippen LogP contribution in [0.4, 0.5) is 0 Å². The summed E-state index contributed by atoms with van der Waals surface area (Å²) in [5.41, 5.74) is 6.43. The molecule has 218 valence electrons. The van der Waals surface area contributed by atoms with Gasteiger partial charge in [0.1, 0.15) is 23.9 Å². The summed E-state index contributed by atoms with van der Waals surface area (Å²) in [5.74, 6) is 1.89. The molecule has 0 unspecified atom stereocenters. The van der Waals surface area contributed by atoms with Crippen molar-refractivity contribution in [2.45, 2.75) is 64.9 Å². The Bertz CT molecular complexity index is 1380. The smallest absolute Gasteiger partial charge is 0.330 e. The molecule has 0 spiro atoms. The Morgan fingerprint density at radius 2 is 1.49 bits per heavy atom. The van der Waals surface area contributed by atoms with Crippen LogP contribution in [-0.2, 0) is 31.7 Å². The molecule has 3 aromatic rings. The average molecular weight is 559 g/mol. The first-order valence-electron chi connectivity index (χ1n) is 14.1. The molecule has 0 aliphatic heterocycles. The van der Waals surface area contributed by atoms with Crippen molar-refractivity contribution in [1.82, 2.24) is 0 Å². The Kier molecular flexibility index (Phi) is 9.44. The Labute approximate surface area is 244 Å². The van der Waals surface area contributed by atoms with Crippen molar-refractivity contribution in [3.05, 3.63) is 82.9 Å². The van der Waals surface area contributed by atoms with E-state index in [1.54, 1.807) is 27.2 Å². The molecule has 0 bridgehead atoms. The molecule has 4 rings (SSSR count). The number of methoxy groups -OCH3 is 2. The van der Waals surface area contributed by atoms with Gasteiger partial charge in [-0.2, -0.15) is 0 Å². The summed E-state index contributed by atoms with van der Waals surface area (Å²) in [6.45, 7) is 12.0. The normalized spacial score (nSPS) is 15.3. The molecule has 0 amide bonds. The maximum atomic E-state index is 12.0. The molecule has 0 radical (unpaired) electrons. The van der Waals surface area contributed by atoms with Gasteiger partial charge in [-0.3, -0.25) is 0 Å². The van der Waals surface area contributed by atoms with Crippen molar-refractivity contribution >= 4 is 12.0 Å². The molecule has 0 saturated carbocycles. The van der Waals surface area contributed by atoms with Crippen molar-refractivity contribution in [2.75, 3.05) is 27.6 Å². The molecule has 0 N–H and O–H groups in total. The summed E-state index contributed by atoms with van der Waals surface area (Å²) >= 11 is 0. The maximum Gasteiger partial charge on any atom is 0.330 e. The fraction of sp³-hybridized carbons (Fsp3) is 0.400. The third-order valence-electron chi connectivity index (χ3n) is 7.83. The molecule has 0 atom stereocenters. The van der Waals surface area contributed by atoms with Crippen LogP contribution in [-0.4, -0.2) is 33.6 Å². The van der Waals surface area contributed by atoms with Gasteiger partial charge in [-0.05, 0) is 95.3 Å². The lowest BCUT2D eigenvalue weighted by Gasteiger charge is -2.42. The molecular formula is C35H42O6. The predicted octanol–water partition coefficient (Wildman–Crippen LogP) is 7.85. The predicted molar refractivity (Wildman–Crippen MR) is 163 cm³/mol. The molecule has 1 aliphatic rings. The highest BCUT2D eigenvalue weighted by Crippen LogP contribution is 2.50. The summed E-state index contributed by atoms with van der Waals surface area (Å²) in [4.78, 5) is 12.0. The number of esters is 1. The van der Waals surface area contributed by atoms with Gasteiger partial charge >= 0.3 is 5.97 Å². The zero-order chi connectivity index (χ0) is 29.6. The fourth-order valence-electron chi connectivity index (χ4n) is 5.29.